The quantitative estimate of drug-likeness (QED) is 0.650. The Kier molecular flexibility index (Phi) is 3.89. The Balaban J connectivity index is 2.12. The number of unbranched alkanes of at least 4 members (excludes halogenated alkanes) is 3. The van der Waals surface area contributed by atoms with Gasteiger partial charge in [-0.1, -0.05) is 43.9 Å². The van der Waals surface area contributed by atoms with Crippen LogP contribution in [0, 0.1) is 0 Å². The monoisotopic (exact) mass is 236 g/mol. The lowest BCUT2D eigenvalue weighted by Crippen LogP contribution is -1.84. The number of benzene rings is 1. The number of fused-ring (bicyclic) bond motifs is 1. The average molecular weight is 237 g/mol. The molecular formula is C14H17ClO. The molecule has 0 fully saturated rings. The zero-order valence-electron chi connectivity index (χ0n) is 9.63. The van der Waals surface area contributed by atoms with Crippen molar-refractivity contribution >= 4 is 22.6 Å². The summed E-state index contributed by atoms with van der Waals surface area (Å²) >= 11 is 6.18. The maximum Gasteiger partial charge on any atom is 0.135 e. The van der Waals surface area contributed by atoms with E-state index in [1.807, 2.05) is 24.5 Å². The Bertz CT molecular complexity index is 459. The standard InChI is InChI=1S/C14H17ClO/c1-2-3-4-5-7-11-10-16-13-9-6-8-12(15)14(11)13/h6,8-10H,2-5,7H2,1H3. The Morgan fingerprint density at radius 3 is 2.88 bits per heavy atom. The van der Waals surface area contributed by atoms with E-state index in [9.17, 15) is 0 Å². The molecular weight excluding hydrogens is 220 g/mol. The number of hydrogen-bond acceptors (Lipinski definition) is 1. The molecule has 0 saturated carbocycles. The number of aryl methyl sites for hydroxylation is 1. The predicted octanol–water partition coefficient (Wildman–Crippen LogP) is 5.21. The molecule has 1 heterocycles. The molecule has 0 saturated heterocycles. The molecule has 0 radical (unpaired) electrons. The van der Waals surface area contributed by atoms with Crippen molar-refractivity contribution in [3.8, 4) is 0 Å². The first kappa shape index (κ1) is 11.5. The van der Waals surface area contributed by atoms with Gasteiger partial charge >= 0.3 is 0 Å². The topological polar surface area (TPSA) is 13.1 Å². The van der Waals surface area contributed by atoms with Gasteiger partial charge in [0.2, 0.25) is 0 Å². The first-order valence-electron chi connectivity index (χ1n) is 5.97. The first-order valence-corrected chi connectivity index (χ1v) is 6.35. The van der Waals surface area contributed by atoms with E-state index in [4.69, 9.17) is 16.0 Å². The minimum atomic E-state index is 0.803. The van der Waals surface area contributed by atoms with Gasteiger partial charge in [-0.2, -0.15) is 0 Å². The fourth-order valence-electron chi connectivity index (χ4n) is 2.03. The second-order valence-electron chi connectivity index (χ2n) is 4.18. The van der Waals surface area contributed by atoms with E-state index in [-0.39, 0.29) is 0 Å². The van der Waals surface area contributed by atoms with Crippen molar-refractivity contribution in [1.82, 2.24) is 0 Å². The highest BCUT2D eigenvalue weighted by Gasteiger charge is 2.08. The van der Waals surface area contributed by atoms with Crippen molar-refractivity contribution in [3.05, 3.63) is 35.0 Å². The summed E-state index contributed by atoms with van der Waals surface area (Å²) in [5.41, 5.74) is 2.15. The van der Waals surface area contributed by atoms with Crippen LogP contribution in [-0.4, -0.2) is 0 Å². The normalized spacial score (nSPS) is 11.1. The lowest BCUT2D eigenvalue weighted by atomic mass is 10.1. The van der Waals surface area contributed by atoms with Crippen molar-refractivity contribution < 1.29 is 4.42 Å². The fourth-order valence-corrected chi connectivity index (χ4v) is 2.32. The maximum absolute atomic E-state index is 6.18. The van der Waals surface area contributed by atoms with Gasteiger partial charge in [0.25, 0.3) is 0 Å². The van der Waals surface area contributed by atoms with E-state index in [1.165, 1.54) is 31.2 Å². The molecule has 1 aromatic carbocycles. The zero-order chi connectivity index (χ0) is 11.4. The number of halogens is 1. The Hall–Kier alpha value is -0.950. The molecule has 0 aliphatic rings. The smallest absolute Gasteiger partial charge is 0.135 e. The molecule has 0 bridgehead atoms. The van der Waals surface area contributed by atoms with Crippen molar-refractivity contribution in [1.29, 1.82) is 0 Å². The van der Waals surface area contributed by atoms with Gasteiger partial charge in [0, 0.05) is 5.39 Å². The van der Waals surface area contributed by atoms with E-state index in [0.717, 1.165) is 22.4 Å². The minimum Gasteiger partial charge on any atom is -0.464 e. The van der Waals surface area contributed by atoms with Crippen LogP contribution in [0.2, 0.25) is 5.02 Å². The van der Waals surface area contributed by atoms with Crippen LogP contribution >= 0.6 is 11.6 Å². The number of hydrogen-bond donors (Lipinski definition) is 0. The highest BCUT2D eigenvalue weighted by Crippen LogP contribution is 2.29. The van der Waals surface area contributed by atoms with E-state index >= 15 is 0 Å². The molecule has 2 heteroatoms. The van der Waals surface area contributed by atoms with Gasteiger partial charge in [0.15, 0.2) is 0 Å². The van der Waals surface area contributed by atoms with Crippen LogP contribution < -0.4 is 0 Å². The van der Waals surface area contributed by atoms with Gasteiger partial charge in [-0.05, 0) is 30.5 Å². The van der Waals surface area contributed by atoms with Crippen LogP contribution in [0.4, 0.5) is 0 Å². The Morgan fingerprint density at radius 1 is 1.19 bits per heavy atom. The van der Waals surface area contributed by atoms with E-state index < -0.39 is 0 Å². The molecule has 0 atom stereocenters. The van der Waals surface area contributed by atoms with Crippen LogP contribution in [0.1, 0.15) is 38.2 Å². The summed E-state index contributed by atoms with van der Waals surface area (Å²) in [5, 5.41) is 1.90. The first-order chi connectivity index (χ1) is 7.83. The summed E-state index contributed by atoms with van der Waals surface area (Å²) in [4.78, 5) is 0. The predicted molar refractivity (Wildman–Crippen MR) is 69.1 cm³/mol. The van der Waals surface area contributed by atoms with Crippen LogP contribution in [-0.2, 0) is 6.42 Å². The average Bonchev–Trinajstić information content (AvgIpc) is 2.69. The van der Waals surface area contributed by atoms with Crippen molar-refractivity contribution in [2.24, 2.45) is 0 Å². The number of furan rings is 1. The molecule has 0 aliphatic carbocycles. The molecule has 0 amide bonds. The summed E-state index contributed by atoms with van der Waals surface area (Å²) in [7, 11) is 0. The molecule has 0 aliphatic heterocycles. The summed E-state index contributed by atoms with van der Waals surface area (Å²) in [5.74, 6) is 0. The molecule has 2 aromatic rings. The third kappa shape index (κ3) is 2.41. The van der Waals surface area contributed by atoms with E-state index in [0.29, 0.717) is 0 Å². The highest BCUT2D eigenvalue weighted by molar-refractivity contribution is 6.35. The molecule has 0 N–H and O–H groups in total. The van der Waals surface area contributed by atoms with Gasteiger partial charge in [-0.15, -0.1) is 0 Å². The Morgan fingerprint density at radius 2 is 2.06 bits per heavy atom. The molecule has 1 nitrogen and oxygen atoms in total. The summed E-state index contributed by atoms with van der Waals surface area (Å²) in [6.07, 6.45) is 8.00. The van der Waals surface area contributed by atoms with Crippen molar-refractivity contribution in [3.63, 3.8) is 0 Å². The van der Waals surface area contributed by atoms with E-state index in [1.54, 1.807) is 0 Å². The van der Waals surface area contributed by atoms with Gasteiger partial charge in [-0.3, -0.25) is 0 Å². The maximum atomic E-state index is 6.18. The van der Waals surface area contributed by atoms with Crippen LogP contribution in [0.25, 0.3) is 11.0 Å². The minimum absolute atomic E-state index is 0.803. The summed E-state index contributed by atoms with van der Waals surface area (Å²) in [6, 6.07) is 5.82. The summed E-state index contributed by atoms with van der Waals surface area (Å²) in [6.45, 7) is 2.23. The van der Waals surface area contributed by atoms with Crippen LogP contribution in [0.3, 0.4) is 0 Å². The third-order valence-corrected chi connectivity index (χ3v) is 3.24. The highest BCUT2D eigenvalue weighted by atomic mass is 35.5. The second-order valence-corrected chi connectivity index (χ2v) is 4.59. The molecule has 16 heavy (non-hydrogen) atoms. The van der Waals surface area contributed by atoms with Gasteiger partial charge in [0.1, 0.15) is 5.58 Å². The van der Waals surface area contributed by atoms with Gasteiger partial charge < -0.3 is 4.42 Å². The van der Waals surface area contributed by atoms with Gasteiger partial charge in [-0.25, -0.2) is 0 Å². The van der Waals surface area contributed by atoms with Crippen molar-refractivity contribution in [2.45, 2.75) is 39.0 Å². The summed E-state index contributed by atoms with van der Waals surface area (Å²) < 4.78 is 5.50. The lowest BCUT2D eigenvalue weighted by molar-refractivity contribution is 0.604. The Labute approximate surface area is 101 Å². The molecule has 0 unspecified atom stereocenters. The van der Waals surface area contributed by atoms with Crippen LogP contribution in [0.15, 0.2) is 28.9 Å². The second kappa shape index (κ2) is 5.40. The zero-order valence-corrected chi connectivity index (χ0v) is 10.4. The van der Waals surface area contributed by atoms with Crippen molar-refractivity contribution in [2.75, 3.05) is 0 Å². The molecule has 2 rings (SSSR count). The fraction of sp³-hybridized carbons (Fsp3) is 0.429. The van der Waals surface area contributed by atoms with Gasteiger partial charge in [0.05, 0.1) is 11.3 Å². The molecule has 0 spiro atoms. The van der Waals surface area contributed by atoms with E-state index in [2.05, 4.69) is 6.92 Å². The number of rotatable bonds is 5. The third-order valence-electron chi connectivity index (χ3n) is 2.92. The molecule has 1 aromatic heterocycles. The SMILES string of the molecule is CCCCCCc1coc2cccc(Cl)c12. The largest absolute Gasteiger partial charge is 0.464 e. The lowest BCUT2D eigenvalue weighted by Gasteiger charge is -1.99. The van der Waals surface area contributed by atoms with Crippen LogP contribution in [0.5, 0.6) is 0 Å². The molecule has 86 valence electrons.